The van der Waals surface area contributed by atoms with E-state index in [0.29, 0.717) is 54.0 Å². The van der Waals surface area contributed by atoms with Gasteiger partial charge in [0.05, 0.1) is 43.2 Å². The van der Waals surface area contributed by atoms with Crippen LogP contribution in [0.1, 0.15) is 41.4 Å². The van der Waals surface area contributed by atoms with Crippen LogP contribution in [0.15, 0.2) is 59.0 Å². The number of fused-ring (bicyclic) bond motifs is 1. The van der Waals surface area contributed by atoms with E-state index in [9.17, 15) is 17.6 Å². The number of halogens is 1. The highest BCUT2D eigenvalue weighted by atomic mass is 32.2. The summed E-state index contributed by atoms with van der Waals surface area (Å²) in [6.45, 7) is 2.61. The lowest BCUT2D eigenvalue weighted by molar-refractivity contribution is 0.100. The highest BCUT2D eigenvalue weighted by Crippen LogP contribution is 2.34. The highest BCUT2D eigenvalue weighted by Gasteiger charge is 2.25. The zero-order chi connectivity index (χ0) is 28.9. The first-order chi connectivity index (χ1) is 19.1. The van der Waals surface area contributed by atoms with Crippen molar-refractivity contribution < 1.29 is 31.5 Å². The van der Waals surface area contributed by atoms with Crippen LogP contribution in [0.25, 0.3) is 22.4 Å². The molecule has 2 aromatic heterocycles. The monoisotopic (exact) mass is 569 g/mol. The molecule has 1 amide bonds. The molecule has 9 nitrogen and oxygen atoms in total. The van der Waals surface area contributed by atoms with Crippen LogP contribution in [0, 0.1) is 5.82 Å². The number of hydrogen-bond acceptors (Lipinski definition) is 7. The number of sulfonamides is 1. The van der Waals surface area contributed by atoms with Crippen molar-refractivity contribution >= 4 is 27.0 Å². The van der Waals surface area contributed by atoms with Crippen molar-refractivity contribution in [2.75, 3.05) is 26.5 Å². The van der Waals surface area contributed by atoms with Crippen molar-refractivity contribution in [3.8, 4) is 22.8 Å². The molecule has 4 rings (SSSR count). The van der Waals surface area contributed by atoms with Gasteiger partial charge in [0.1, 0.15) is 11.6 Å². The van der Waals surface area contributed by atoms with Crippen molar-refractivity contribution in [3.05, 3.63) is 77.2 Å². The van der Waals surface area contributed by atoms with E-state index < -0.39 is 21.7 Å². The Morgan fingerprint density at radius 3 is 2.42 bits per heavy atom. The molecule has 40 heavy (non-hydrogen) atoms. The number of hydrogen-bond donors (Lipinski definition) is 1. The van der Waals surface area contributed by atoms with Gasteiger partial charge in [-0.25, -0.2) is 17.8 Å². The van der Waals surface area contributed by atoms with Gasteiger partial charge in [0.25, 0.3) is 5.91 Å². The topological polar surface area (TPSA) is 125 Å². The number of methoxy groups -OCH3 is 1. The Bertz CT molecular complexity index is 1600. The van der Waals surface area contributed by atoms with E-state index >= 15 is 0 Å². The molecule has 4 aromatic rings. The number of aryl methyl sites for hydroxylation is 1. The molecule has 0 radical (unpaired) electrons. The molecule has 2 aromatic carbocycles. The summed E-state index contributed by atoms with van der Waals surface area (Å²) in [6, 6.07) is 14.6. The zero-order valence-corrected chi connectivity index (χ0v) is 23.5. The molecule has 0 aliphatic heterocycles. The number of para-hydroxylation sites is 2. The minimum atomic E-state index is -3.56. The fourth-order valence-electron chi connectivity index (χ4n) is 4.43. The summed E-state index contributed by atoms with van der Waals surface area (Å²) >= 11 is 0. The second kappa shape index (κ2) is 12.5. The van der Waals surface area contributed by atoms with Crippen LogP contribution < -0.4 is 15.2 Å². The molecule has 2 heterocycles. The van der Waals surface area contributed by atoms with Gasteiger partial charge in [-0.1, -0.05) is 19.1 Å². The molecular formula is C29H32FN3O6S. The Balaban J connectivity index is 1.55. The van der Waals surface area contributed by atoms with Gasteiger partial charge in [-0.05, 0) is 67.3 Å². The number of aromatic nitrogens is 1. The lowest BCUT2D eigenvalue weighted by Gasteiger charge is -2.21. The van der Waals surface area contributed by atoms with Crippen molar-refractivity contribution in [1.29, 1.82) is 0 Å². The number of amides is 1. The number of carbonyl (C=O) groups excluding carboxylic acids is 1. The summed E-state index contributed by atoms with van der Waals surface area (Å²) in [7, 11) is -1.99. The molecule has 0 bridgehead atoms. The number of ether oxygens (including phenoxy) is 2. The van der Waals surface area contributed by atoms with Crippen molar-refractivity contribution in [1.82, 2.24) is 9.29 Å². The third kappa shape index (κ3) is 6.60. The first-order valence-corrected chi connectivity index (χ1v) is 14.7. The summed E-state index contributed by atoms with van der Waals surface area (Å²) in [5.74, 6) is 0.311. The lowest BCUT2D eigenvalue weighted by atomic mass is 10.0. The first-order valence-electron chi connectivity index (χ1n) is 12.8. The Hall–Kier alpha value is -3.96. The summed E-state index contributed by atoms with van der Waals surface area (Å²) in [6.07, 6.45) is 2.89. The molecule has 0 unspecified atom stereocenters. The van der Waals surface area contributed by atoms with Crippen LogP contribution in [0.3, 0.4) is 0 Å². The van der Waals surface area contributed by atoms with Crippen LogP contribution >= 0.6 is 0 Å². The minimum absolute atomic E-state index is 0.0315. The fraction of sp³-hybridized carbons (Fsp3) is 0.310. The van der Waals surface area contributed by atoms with Gasteiger partial charge in [-0.15, -0.1) is 0 Å². The summed E-state index contributed by atoms with van der Waals surface area (Å²) < 4.78 is 57.2. The molecular weight excluding hydrogens is 537 g/mol. The number of furan rings is 1. The lowest BCUT2D eigenvalue weighted by Crippen LogP contribution is -2.31. The smallest absolute Gasteiger partial charge is 0.253 e. The standard InChI is InChI=1S/C29H32FN3O6S/c1-4-19-17-22-26(28(31)34)27(20-11-13-21(30)14-12-20)39-29(22)32-23(19)18-33(40(3,35)36)15-7-8-16-38-25-10-6-5-9-24(25)37-2/h5-6,9-14,17H,4,7-8,15-16,18H2,1-3H3,(H2,31,34). The number of benzene rings is 2. The van der Waals surface area contributed by atoms with Gasteiger partial charge in [0.2, 0.25) is 15.7 Å². The predicted molar refractivity (Wildman–Crippen MR) is 150 cm³/mol. The molecule has 0 atom stereocenters. The molecule has 0 saturated heterocycles. The third-order valence-electron chi connectivity index (χ3n) is 6.51. The molecule has 212 valence electrons. The second-order valence-corrected chi connectivity index (χ2v) is 11.3. The number of rotatable bonds is 13. The van der Waals surface area contributed by atoms with Gasteiger partial charge >= 0.3 is 0 Å². The molecule has 0 aliphatic rings. The van der Waals surface area contributed by atoms with E-state index in [1.807, 2.05) is 31.2 Å². The number of nitrogens with zero attached hydrogens (tertiary/aromatic N) is 2. The number of carbonyl (C=O) groups is 1. The van der Waals surface area contributed by atoms with Crippen molar-refractivity contribution in [3.63, 3.8) is 0 Å². The maximum absolute atomic E-state index is 13.5. The third-order valence-corrected chi connectivity index (χ3v) is 7.76. The average molecular weight is 570 g/mol. The second-order valence-electron chi connectivity index (χ2n) is 9.28. The summed E-state index contributed by atoms with van der Waals surface area (Å²) in [5, 5.41) is 0.423. The summed E-state index contributed by atoms with van der Waals surface area (Å²) in [4.78, 5) is 17.0. The molecule has 0 fully saturated rings. The fourth-order valence-corrected chi connectivity index (χ4v) is 5.25. The van der Waals surface area contributed by atoms with Gasteiger partial charge in [0.15, 0.2) is 11.5 Å². The average Bonchev–Trinajstić information content (AvgIpc) is 3.30. The number of nitrogens with two attached hydrogens (primary N) is 1. The normalized spacial score (nSPS) is 11.7. The maximum atomic E-state index is 13.5. The molecule has 0 spiro atoms. The van der Waals surface area contributed by atoms with Gasteiger partial charge in [-0.3, -0.25) is 4.79 Å². The van der Waals surface area contributed by atoms with E-state index in [2.05, 4.69) is 4.98 Å². The van der Waals surface area contributed by atoms with E-state index in [-0.39, 0.29) is 30.1 Å². The molecule has 11 heteroatoms. The predicted octanol–water partition coefficient (Wildman–Crippen LogP) is 4.92. The minimum Gasteiger partial charge on any atom is -0.493 e. The molecule has 2 N–H and O–H groups in total. The van der Waals surface area contributed by atoms with E-state index in [0.717, 1.165) is 11.8 Å². The van der Waals surface area contributed by atoms with Crippen LogP contribution in [0.5, 0.6) is 11.5 Å². The maximum Gasteiger partial charge on any atom is 0.253 e. The van der Waals surface area contributed by atoms with Crippen LogP contribution in [0.4, 0.5) is 4.39 Å². The van der Waals surface area contributed by atoms with Gasteiger partial charge in [0, 0.05) is 12.1 Å². The number of primary amides is 1. The van der Waals surface area contributed by atoms with Crippen LogP contribution in [0.2, 0.25) is 0 Å². The quantitative estimate of drug-likeness (QED) is 0.227. The Morgan fingerprint density at radius 1 is 1.10 bits per heavy atom. The number of unbranched alkanes of at least 4 members (excludes halogenated alkanes) is 1. The van der Waals surface area contributed by atoms with Crippen LogP contribution in [-0.2, 0) is 23.0 Å². The SMILES string of the molecule is CCc1cc2c(C(N)=O)c(-c3ccc(F)cc3)oc2nc1CN(CCCCOc1ccccc1OC)S(C)(=O)=O. The number of pyridine rings is 1. The van der Waals surface area contributed by atoms with E-state index in [4.69, 9.17) is 19.6 Å². The van der Waals surface area contributed by atoms with Crippen molar-refractivity contribution in [2.45, 2.75) is 32.7 Å². The van der Waals surface area contributed by atoms with Crippen LogP contribution in [-0.4, -0.2) is 50.1 Å². The first kappa shape index (κ1) is 29.0. The largest absolute Gasteiger partial charge is 0.493 e. The van der Waals surface area contributed by atoms with E-state index in [1.54, 1.807) is 13.2 Å². The summed E-state index contributed by atoms with van der Waals surface area (Å²) in [5.41, 5.74) is 7.73. The highest BCUT2D eigenvalue weighted by molar-refractivity contribution is 7.88. The molecule has 0 saturated carbocycles. The van der Waals surface area contributed by atoms with Crippen molar-refractivity contribution in [2.24, 2.45) is 5.73 Å². The van der Waals surface area contributed by atoms with Gasteiger partial charge < -0.3 is 19.6 Å². The Labute approximate surface area is 232 Å². The Morgan fingerprint density at radius 2 is 1.80 bits per heavy atom. The zero-order valence-electron chi connectivity index (χ0n) is 22.6. The van der Waals surface area contributed by atoms with E-state index in [1.165, 1.54) is 28.6 Å². The Kier molecular flexibility index (Phi) is 9.06. The molecule has 0 aliphatic carbocycles. The van der Waals surface area contributed by atoms with Gasteiger partial charge in [-0.2, -0.15) is 4.31 Å².